The van der Waals surface area contributed by atoms with Crippen molar-refractivity contribution >= 4 is 27.4 Å². The Morgan fingerprint density at radius 3 is 2.47 bits per heavy atom. The monoisotopic (exact) mass is 451 g/mol. The molecule has 170 valence electrons. The molecule has 4 atom stereocenters. The van der Waals surface area contributed by atoms with Crippen molar-refractivity contribution in [1.29, 1.82) is 0 Å². The lowest BCUT2D eigenvalue weighted by Gasteiger charge is -2.41. The van der Waals surface area contributed by atoms with Crippen molar-refractivity contribution in [2.75, 3.05) is 25.9 Å². The molecule has 8 N–H and O–H groups in total. The van der Waals surface area contributed by atoms with E-state index in [2.05, 4.69) is 19.8 Å². The van der Waals surface area contributed by atoms with Gasteiger partial charge in [-0.05, 0) is 20.9 Å². The summed E-state index contributed by atoms with van der Waals surface area (Å²) >= 11 is 0. The lowest BCUT2D eigenvalue weighted by Crippen LogP contribution is -2.58. The standard InChI is InChI=1S/C14H23N7O4.H2O4S/c1-7-10(22)11(23)14(25-7,20(3)4-5-24-16)21-8(2)19-9-12(15)17-6-18-13(9)21;1-5(2,3)4/h6-7,10-11,22-23H,4-5,16H2,1-3H3,(H2,15,17,18);(H2,1,2,3,4)/t7-,10-,11-,14+;/m1./s1. The number of aryl methyl sites for hydroxylation is 1. The molecule has 3 heterocycles. The lowest BCUT2D eigenvalue weighted by molar-refractivity contribution is -0.232. The van der Waals surface area contributed by atoms with Crippen LogP contribution in [0.15, 0.2) is 6.33 Å². The maximum absolute atomic E-state index is 10.9. The quantitative estimate of drug-likeness (QED) is 0.206. The van der Waals surface area contributed by atoms with Crippen molar-refractivity contribution in [3.05, 3.63) is 12.2 Å². The molecule has 1 aliphatic rings. The van der Waals surface area contributed by atoms with Crippen LogP contribution in [0.2, 0.25) is 0 Å². The van der Waals surface area contributed by atoms with Gasteiger partial charge in [0, 0.05) is 6.54 Å². The number of imidazole rings is 1. The number of rotatable bonds is 5. The van der Waals surface area contributed by atoms with E-state index in [-0.39, 0.29) is 12.4 Å². The zero-order valence-electron chi connectivity index (χ0n) is 16.4. The minimum Gasteiger partial charge on any atom is -0.387 e. The molecule has 0 aliphatic carbocycles. The van der Waals surface area contributed by atoms with Gasteiger partial charge in [0.2, 0.25) is 5.85 Å². The fourth-order valence-electron chi connectivity index (χ4n) is 3.32. The molecule has 0 saturated carbocycles. The van der Waals surface area contributed by atoms with Crippen LogP contribution >= 0.6 is 0 Å². The van der Waals surface area contributed by atoms with Crippen molar-refractivity contribution in [2.45, 2.75) is 38.0 Å². The second kappa shape index (κ2) is 9.00. The summed E-state index contributed by atoms with van der Waals surface area (Å²) in [5.41, 5.74) is 6.69. The first kappa shape index (κ1) is 24.3. The zero-order chi connectivity index (χ0) is 22.9. The highest BCUT2D eigenvalue weighted by Gasteiger charge is 2.58. The molecule has 1 saturated heterocycles. The topological polar surface area (TPSA) is 232 Å². The van der Waals surface area contributed by atoms with Crippen LogP contribution in [0.5, 0.6) is 0 Å². The fourth-order valence-corrected chi connectivity index (χ4v) is 3.32. The first-order chi connectivity index (χ1) is 13.8. The number of ether oxygens (including phenoxy) is 1. The van der Waals surface area contributed by atoms with Gasteiger partial charge in [0.1, 0.15) is 24.4 Å². The van der Waals surface area contributed by atoms with Crippen molar-refractivity contribution in [2.24, 2.45) is 5.90 Å². The van der Waals surface area contributed by atoms with Crippen LogP contribution in [0.1, 0.15) is 12.7 Å². The first-order valence-electron chi connectivity index (χ1n) is 8.57. The Kier molecular flexibility index (Phi) is 7.28. The minimum absolute atomic E-state index is 0.196. The van der Waals surface area contributed by atoms with Crippen LogP contribution in [0.25, 0.3) is 11.2 Å². The van der Waals surface area contributed by atoms with Gasteiger partial charge in [-0.15, -0.1) is 0 Å². The van der Waals surface area contributed by atoms with Crippen LogP contribution in [0.3, 0.4) is 0 Å². The summed E-state index contributed by atoms with van der Waals surface area (Å²) in [5, 5.41) is 21.2. The van der Waals surface area contributed by atoms with E-state index in [1.54, 1.807) is 30.4 Å². The predicted molar refractivity (Wildman–Crippen MR) is 102 cm³/mol. The summed E-state index contributed by atoms with van der Waals surface area (Å²) in [6, 6.07) is 0. The molecule has 0 spiro atoms. The highest BCUT2D eigenvalue weighted by Crippen LogP contribution is 2.40. The normalized spacial score (nSPS) is 26.8. The summed E-state index contributed by atoms with van der Waals surface area (Å²) in [5.74, 6) is 4.41. The third-order valence-electron chi connectivity index (χ3n) is 4.60. The van der Waals surface area contributed by atoms with E-state index in [1.807, 2.05) is 0 Å². The number of anilines is 1. The van der Waals surface area contributed by atoms with Gasteiger partial charge < -0.3 is 25.5 Å². The second-order valence-electron chi connectivity index (χ2n) is 6.58. The molecule has 15 nitrogen and oxygen atoms in total. The number of aromatic nitrogens is 4. The molecule has 3 rings (SSSR count). The minimum atomic E-state index is -4.67. The predicted octanol–water partition coefficient (Wildman–Crippen LogP) is -2.36. The molecule has 2 aromatic rings. The molecule has 16 heteroatoms. The SMILES string of the molecule is Cc1nc2c(N)ncnc2n1[C@]1(N(C)CCON)O[C@H](C)[C@@H](O)[C@H]1O.O=S(=O)(O)O. The van der Waals surface area contributed by atoms with E-state index in [1.165, 1.54) is 6.33 Å². The third-order valence-corrected chi connectivity index (χ3v) is 4.60. The maximum atomic E-state index is 10.9. The van der Waals surface area contributed by atoms with Gasteiger partial charge in [0.15, 0.2) is 17.0 Å². The van der Waals surface area contributed by atoms with Crippen molar-refractivity contribution in [1.82, 2.24) is 24.4 Å². The molecule has 2 aromatic heterocycles. The van der Waals surface area contributed by atoms with Crippen molar-refractivity contribution in [3.63, 3.8) is 0 Å². The Balaban J connectivity index is 0.000000575. The summed E-state index contributed by atoms with van der Waals surface area (Å²) in [6.07, 6.45) is -1.67. The largest absolute Gasteiger partial charge is 0.394 e. The zero-order valence-corrected chi connectivity index (χ0v) is 17.3. The Bertz CT molecular complexity index is 978. The molecule has 30 heavy (non-hydrogen) atoms. The third kappa shape index (κ3) is 4.66. The Hall–Kier alpha value is -2.02. The van der Waals surface area contributed by atoms with Gasteiger partial charge in [0.25, 0.3) is 0 Å². The highest BCUT2D eigenvalue weighted by molar-refractivity contribution is 7.79. The molecule has 1 aliphatic heterocycles. The summed E-state index contributed by atoms with van der Waals surface area (Å²) < 4.78 is 39.3. The van der Waals surface area contributed by atoms with Gasteiger partial charge in [-0.25, -0.2) is 20.8 Å². The van der Waals surface area contributed by atoms with E-state index >= 15 is 0 Å². The Morgan fingerprint density at radius 1 is 1.37 bits per heavy atom. The maximum Gasteiger partial charge on any atom is 0.394 e. The lowest BCUT2D eigenvalue weighted by atomic mass is 10.1. The van der Waals surface area contributed by atoms with E-state index in [0.29, 0.717) is 23.5 Å². The van der Waals surface area contributed by atoms with E-state index in [0.717, 1.165) is 0 Å². The number of hydrogen-bond acceptors (Lipinski definition) is 12. The molecular formula is C14H25N7O8S. The average molecular weight is 451 g/mol. The number of hydrogen-bond donors (Lipinski definition) is 6. The van der Waals surface area contributed by atoms with Crippen LogP contribution in [0, 0.1) is 6.92 Å². The molecule has 0 unspecified atom stereocenters. The van der Waals surface area contributed by atoms with Gasteiger partial charge in [-0.1, -0.05) is 0 Å². The van der Waals surface area contributed by atoms with Gasteiger partial charge in [-0.2, -0.15) is 8.42 Å². The van der Waals surface area contributed by atoms with Crippen LogP contribution in [0.4, 0.5) is 5.82 Å². The highest BCUT2D eigenvalue weighted by atomic mass is 32.3. The van der Waals surface area contributed by atoms with E-state index in [9.17, 15) is 10.2 Å². The second-order valence-corrected chi connectivity index (χ2v) is 7.48. The molecule has 0 radical (unpaired) electrons. The van der Waals surface area contributed by atoms with Crippen LogP contribution in [-0.4, -0.2) is 90.7 Å². The van der Waals surface area contributed by atoms with Gasteiger partial charge in [-0.3, -0.25) is 18.6 Å². The summed E-state index contributed by atoms with van der Waals surface area (Å²) in [4.78, 5) is 18.9. The smallest absolute Gasteiger partial charge is 0.387 e. The average Bonchev–Trinajstić information content (AvgIpc) is 3.09. The van der Waals surface area contributed by atoms with Crippen LogP contribution < -0.4 is 11.6 Å². The van der Waals surface area contributed by atoms with E-state index < -0.39 is 34.6 Å². The van der Waals surface area contributed by atoms with E-state index in [4.69, 9.17) is 33.9 Å². The molecule has 0 bridgehead atoms. The number of nitrogen functional groups attached to an aromatic ring is 1. The number of fused-ring (bicyclic) bond motifs is 1. The number of aliphatic hydroxyl groups excluding tert-OH is 2. The molecular weight excluding hydrogens is 426 g/mol. The molecule has 0 amide bonds. The molecule has 1 fully saturated rings. The summed E-state index contributed by atoms with van der Waals surface area (Å²) in [6.45, 7) is 3.94. The number of likely N-dealkylation sites (N-methyl/N-ethyl adjacent to an activating group) is 1. The number of nitrogens with two attached hydrogens (primary N) is 2. The van der Waals surface area contributed by atoms with Gasteiger partial charge in [0.05, 0.1) is 12.7 Å². The number of nitrogens with zero attached hydrogens (tertiary/aromatic N) is 5. The molecule has 0 aromatic carbocycles. The van der Waals surface area contributed by atoms with Crippen molar-refractivity contribution < 1.29 is 37.3 Å². The van der Waals surface area contributed by atoms with Gasteiger partial charge >= 0.3 is 10.4 Å². The Morgan fingerprint density at radius 2 is 1.97 bits per heavy atom. The van der Waals surface area contributed by atoms with Crippen LogP contribution in [-0.2, 0) is 25.8 Å². The summed E-state index contributed by atoms with van der Waals surface area (Å²) in [7, 11) is -2.94. The number of aliphatic hydroxyl groups is 2. The fraction of sp³-hybridized carbons (Fsp3) is 0.643. The van der Waals surface area contributed by atoms with Crippen molar-refractivity contribution in [3.8, 4) is 0 Å². The first-order valence-corrected chi connectivity index (χ1v) is 9.97. The Labute approximate surface area is 171 Å².